The molecule has 1 saturated carbocycles. The van der Waals surface area contributed by atoms with Crippen LogP contribution in [0.1, 0.15) is 46.0 Å². The largest absolute Gasteiger partial charge is 0.300 e. The molecule has 0 aromatic rings. The van der Waals surface area contributed by atoms with Gasteiger partial charge in [0, 0.05) is 5.54 Å². The minimum Gasteiger partial charge on any atom is -0.300 e. The maximum absolute atomic E-state index is 2.65. The summed E-state index contributed by atoms with van der Waals surface area (Å²) in [5.41, 5.74) is 0.648. The van der Waals surface area contributed by atoms with Crippen molar-refractivity contribution in [2.45, 2.75) is 51.5 Å². The molecule has 1 aliphatic heterocycles. The molecule has 0 aromatic carbocycles. The molecule has 0 radical (unpaired) electrons. The Bertz CT molecular complexity index is 190. The third kappa shape index (κ3) is 1.24. The minimum atomic E-state index is 0.648. The van der Waals surface area contributed by atoms with Crippen LogP contribution in [0.25, 0.3) is 0 Å². The predicted molar refractivity (Wildman–Crippen MR) is 56.8 cm³/mol. The van der Waals surface area contributed by atoms with Gasteiger partial charge in [-0.1, -0.05) is 20.3 Å². The van der Waals surface area contributed by atoms with Crippen molar-refractivity contribution < 1.29 is 0 Å². The zero-order valence-electron chi connectivity index (χ0n) is 9.34. The highest BCUT2D eigenvalue weighted by Gasteiger charge is 2.52. The normalized spacial score (nSPS) is 42.2. The van der Waals surface area contributed by atoms with Crippen molar-refractivity contribution in [2.75, 3.05) is 13.6 Å². The lowest BCUT2D eigenvalue weighted by molar-refractivity contribution is -0.0282. The average molecular weight is 181 g/mol. The van der Waals surface area contributed by atoms with Crippen LogP contribution < -0.4 is 0 Å². The second-order valence-electron chi connectivity index (χ2n) is 5.16. The first kappa shape index (κ1) is 9.51. The molecule has 1 heteroatoms. The molecule has 0 amide bonds. The lowest BCUT2D eigenvalue weighted by Crippen LogP contribution is -2.57. The van der Waals surface area contributed by atoms with Crippen LogP contribution in [0, 0.1) is 11.8 Å². The fraction of sp³-hybridized carbons (Fsp3) is 1.00. The van der Waals surface area contributed by atoms with Crippen molar-refractivity contribution in [3.8, 4) is 0 Å². The molecule has 0 aromatic heterocycles. The Kier molecular flexibility index (Phi) is 2.39. The van der Waals surface area contributed by atoms with Crippen molar-refractivity contribution >= 4 is 0 Å². The van der Waals surface area contributed by atoms with Gasteiger partial charge in [-0.05, 0) is 51.1 Å². The molecule has 3 atom stereocenters. The summed E-state index contributed by atoms with van der Waals surface area (Å²) in [6.07, 6.45) is 7.22. The Morgan fingerprint density at radius 3 is 2.62 bits per heavy atom. The Balaban J connectivity index is 2.07. The van der Waals surface area contributed by atoms with Gasteiger partial charge in [-0.3, -0.25) is 0 Å². The summed E-state index contributed by atoms with van der Waals surface area (Å²) in [6.45, 7) is 6.12. The Hall–Kier alpha value is -0.0400. The lowest BCUT2D eigenvalue weighted by atomic mass is 9.60. The lowest BCUT2D eigenvalue weighted by Gasteiger charge is -2.54. The van der Waals surface area contributed by atoms with Gasteiger partial charge in [0.2, 0.25) is 0 Å². The second kappa shape index (κ2) is 3.27. The van der Waals surface area contributed by atoms with E-state index < -0.39 is 0 Å². The van der Waals surface area contributed by atoms with Crippen LogP contribution in [0.5, 0.6) is 0 Å². The Labute approximate surface area is 82.5 Å². The summed E-state index contributed by atoms with van der Waals surface area (Å²) in [6, 6.07) is 0. The zero-order chi connectivity index (χ0) is 9.47. The van der Waals surface area contributed by atoms with E-state index in [9.17, 15) is 0 Å². The van der Waals surface area contributed by atoms with Crippen molar-refractivity contribution in [3.05, 3.63) is 0 Å². The Morgan fingerprint density at radius 1 is 1.46 bits per heavy atom. The summed E-state index contributed by atoms with van der Waals surface area (Å²) < 4.78 is 0. The predicted octanol–water partition coefficient (Wildman–Crippen LogP) is 2.91. The molecule has 1 nitrogen and oxygen atoms in total. The van der Waals surface area contributed by atoms with Gasteiger partial charge in [-0.25, -0.2) is 0 Å². The van der Waals surface area contributed by atoms with Crippen molar-refractivity contribution in [3.63, 3.8) is 0 Å². The molecule has 2 fully saturated rings. The molecule has 1 heterocycles. The van der Waals surface area contributed by atoms with Gasteiger partial charge in [0.25, 0.3) is 0 Å². The van der Waals surface area contributed by atoms with Crippen LogP contribution in [-0.2, 0) is 0 Å². The van der Waals surface area contributed by atoms with Crippen molar-refractivity contribution in [1.29, 1.82) is 0 Å². The molecule has 1 saturated heterocycles. The first-order valence-electron chi connectivity index (χ1n) is 5.92. The van der Waals surface area contributed by atoms with Gasteiger partial charge >= 0.3 is 0 Å². The molecule has 2 unspecified atom stereocenters. The molecule has 1 aliphatic carbocycles. The van der Waals surface area contributed by atoms with Crippen molar-refractivity contribution in [1.82, 2.24) is 4.90 Å². The number of likely N-dealkylation sites (tertiary alicyclic amines) is 1. The van der Waals surface area contributed by atoms with E-state index in [0.29, 0.717) is 5.54 Å². The summed E-state index contributed by atoms with van der Waals surface area (Å²) in [5.74, 6) is 1.94. The number of rotatable bonds is 2. The number of hydrogen-bond acceptors (Lipinski definition) is 1. The molecular weight excluding hydrogens is 158 g/mol. The van der Waals surface area contributed by atoms with Gasteiger partial charge in [-0.2, -0.15) is 0 Å². The van der Waals surface area contributed by atoms with E-state index in [-0.39, 0.29) is 0 Å². The number of nitrogens with zero attached hydrogens (tertiary/aromatic N) is 1. The van der Waals surface area contributed by atoms with E-state index >= 15 is 0 Å². The monoisotopic (exact) mass is 181 g/mol. The molecular formula is C12H23N. The van der Waals surface area contributed by atoms with E-state index in [1.165, 1.54) is 38.6 Å². The minimum absolute atomic E-state index is 0.648. The van der Waals surface area contributed by atoms with E-state index in [4.69, 9.17) is 0 Å². The molecule has 1 spiro atoms. The van der Waals surface area contributed by atoms with Crippen LogP contribution in [0.2, 0.25) is 0 Å². The molecule has 0 bridgehead atoms. The van der Waals surface area contributed by atoms with Gasteiger partial charge in [0.1, 0.15) is 0 Å². The van der Waals surface area contributed by atoms with E-state index in [0.717, 1.165) is 11.8 Å². The van der Waals surface area contributed by atoms with Gasteiger partial charge in [0.15, 0.2) is 0 Å². The molecule has 76 valence electrons. The van der Waals surface area contributed by atoms with Gasteiger partial charge < -0.3 is 4.90 Å². The third-order valence-corrected chi connectivity index (χ3v) is 4.77. The summed E-state index contributed by atoms with van der Waals surface area (Å²) in [5, 5.41) is 0. The fourth-order valence-corrected chi connectivity index (χ4v) is 3.56. The smallest absolute Gasteiger partial charge is 0.0237 e. The van der Waals surface area contributed by atoms with E-state index in [1.807, 2.05) is 0 Å². The second-order valence-corrected chi connectivity index (χ2v) is 5.16. The first-order chi connectivity index (χ1) is 6.20. The number of hydrogen-bond donors (Lipinski definition) is 0. The zero-order valence-corrected chi connectivity index (χ0v) is 9.34. The molecule has 13 heavy (non-hydrogen) atoms. The maximum Gasteiger partial charge on any atom is 0.0237 e. The molecule has 2 rings (SSSR count). The summed E-state index contributed by atoms with van der Waals surface area (Å²) >= 11 is 0. The van der Waals surface area contributed by atoms with E-state index in [1.54, 1.807) is 0 Å². The van der Waals surface area contributed by atoms with Crippen LogP contribution in [-0.4, -0.2) is 24.0 Å². The highest BCUT2D eigenvalue weighted by Crippen LogP contribution is 2.52. The topological polar surface area (TPSA) is 3.24 Å². The quantitative estimate of drug-likeness (QED) is 0.633. The van der Waals surface area contributed by atoms with Gasteiger partial charge in [-0.15, -0.1) is 0 Å². The van der Waals surface area contributed by atoms with Crippen LogP contribution in [0.4, 0.5) is 0 Å². The van der Waals surface area contributed by atoms with E-state index in [2.05, 4.69) is 25.8 Å². The van der Waals surface area contributed by atoms with Crippen molar-refractivity contribution in [2.24, 2.45) is 11.8 Å². The first-order valence-corrected chi connectivity index (χ1v) is 5.92. The van der Waals surface area contributed by atoms with Gasteiger partial charge in [0.05, 0.1) is 0 Å². The third-order valence-electron chi connectivity index (χ3n) is 4.77. The highest BCUT2D eigenvalue weighted by atomic mass is 15.2. The Morgan fingerprint density at radius 2 is 2.23 bits per heavy atom. The van der Waals surface area contributed by atoms with Crippen LogP contribution in [0.15, 0.2) is 0 Å². The summed E-state index contributed by atoms with van der Waals surface area (Å²) in [7, 11) is 2.33. The molecule has 2 aliphatic rings. The summed E-state index contributed by atoms with van der Waals surface area (Å²) in [4.78, 5) is 2.65. The highest BCUT2D eigenvalue weighted by molar-refractivity contribution is 5.07. The van der Waals surface area contributed by atoms with Crippen LogP contribution in [0.3, 0.4) is 0 Å². The maximum atomic E-state index is 2.65. The fourth-order valence-electron chi connectivity index (χ4n) is 3.56. The van der Waals surface area contributed by atoms with Crippen LogP contribution >= 0.6 is 0 Å². The SMILES string of the molecule is CCC(C)C1CC[C@@]12CCCN2C. The average Bonchev–Trinajstić information content (AvgIpc) is 2.47. The molecule has 0 N–H and O–H groups in total. The standard InChI is InChI=1S/C12H23N/c1-4-10(2)11-6-8-12(11)7-5-9-13(12)3/h10-11H,4-9H2,1-3H3/t10?,11?,12-/m0/s1.